The van der Waals surface area contributed by atoms with Gasteiger partial charge < -0.3 is 9.64 Å². The zero-order valence-electron chi connectivity index (χ0n) is 12.6. The van der Waals surface area contributed by atoms with Gasteiger partial charge in [0.1, 0.15) is 5.54 Å². The molecular formula is C16H24N2O2. The molecule has 1 aliphatic carbocycles. The summed E-state index contributed by atoms with van der Waals surface area (Å²) in [6.07, 6.45) is 3.03. The largest absolute Gasteiger partial charge is 0.468 e. The van der Waals surface area contributed by atoms with Gasteiger partial charge in [-0.1, -0.05) is 18.2 Å². The molecule has 0 aromatic heterocycles. The Morgan fingerprint density at radius 3 is 2.60 bits per heavy atom. The summed E-state index contributed by atoms with van der Waals surface area (Å²) in [6.45, 7) is 2.74. The first kappa shape index (κ1) is 14.9. The zero-order valence-corrected chi connectivity index (χ0v) is 12.6. The molecule has 0 spiro atoms. The van der Waals surface area contributed by atoms with Crippen LogP contribution >= 0.6 is 0 Å². The van der Waals surface area contributed by atoms with Crippen molar-refractivity contribution in [3.63, 3.8) is 0 Å². The molecule has 0 heterocycles. The van der Waals surface area contributed by atoms with Crippen LogP contribution in [0.15, 0.2) is 30.3 Å². The molecule has 0 amide bonds. The lowest BCUT2D eigenvalue weighted by Gasteiger charge is -2.30. The van der Waals surface area contributed by atoms with E-state index in [2.05, 4.69) is 22.3 Å². The first-order chi connectivity index (χ1) is 9.55. The predicted octanol–water partition coefficient (Wildman–Crippen LogP) is 2.20. The van der Waals surface area contributed by atoms with Crippen LogP contribution in [0.2, 0.25) is 0 Å². The maximum Gasteiger partial charge on any atom is 0.325 e. The van der Waals surface area contributed by atoms with Crippen molar-refractivity contribution in [1.29, 1.82) is 0 Å². The molecule has 4 nitrogen and oxygen atoms in total. The van der Waals surface area contributed by atoms with Crippen molar-refractivity contribution in [2.75, 3.05) is 25.6 Å². The number of nitrogens with one attached hydrogen (secondary N) is 1. The van der Waals surface area contributed by atoms with Crippen LogP contribution in [0.25, 0.3) is 0 Å². The number of carbonyl (C=O) groups excluding carboxylic acids is 1. The Balaban J connectivity index is 1.95. The summed E-state index contributed by atoms with van der Waals surface area (Å²) in [5.41, 5.74) is 0.560. The number of methoxy groups -OCH3 is 1. The van der Waals surface area contributed by atoms with Crippen molar-refractivity contribution in [2.45, 2.75) is 37.8 Å². The van der Waals surface area contributed by atoms with E-state index in [1.165, 1.54) is 7.11 Å². The fourth-order valence-electron chi connectivity index (χ4n) is 2.34. The summed E-state index contributed by atoms with van der Waals surface area (Å²) in [6, 6.07) is 10.7. The minimum atomic E-state index is -0.598. The summed E-state index contributed by atoms with van der Waals surface area (Å²) in [5, 5.41) is 3.42. The van der Waals surface area contributed by atoms with Crippen molar-refractivity contribution in [3.8, 4) is 0 Å². The molecule has 1 atom stereocenters. The number of esters is 1. The molecule has 1 N–H and O–H groups in total. The second kappa shape index (κ2) is 6.27. The summed E-state index contributed by atoms with van der Waals surface area (Å²) < 4.78 is 4.96. The average molecular weight is 276 g/mol. The molecule has 1 saturated carbocycles. The number of anilines is 1. The molecule has 1 aliphatic rings. The smallest absolute Gasteiger partial charge is 0.325 e. The molecular weight excluding hydrogens is 252 g/mol. The van der Waals surface area contributed by atoms with Crippen LogP contribution in [0.4, 0.5) is 5.69 Å². The van der Waals surface area contributed by atoms with Gasteiger partial charge in [-0.05, 0) is 38.3 Å². The normalized spacial score (nSPS) is 17.4. The fraction of sp³-hybridized carbons (Fsp3) is 0.562. The fourth-order valence-corrected chi connectivity index (χ4v) is 2.34. The number of ether oxygens (including phenoxy) is 1. The van der Waals surface area contributed by atoms with Crippen molar-refractivity contribution < 1.29 is 9.53 Å². The highest BCUT2D eigenvalue weighted by Crippen LogP contribution is 2.25. The molecule has 0 bridgehead atoms. The molecule has 1 unspecified atom stereocenters. The van der Waals surface area contributed by atoms with Gasteiger partial charge in [0.15, 0.2) is 0 Å². The van der Waals surface area contributed by atoms with E-state index in [0.29, 0.717) is 6.04 Å². The van der Waals surface area contributed by atoms with E-state index in [1.54, 1.807) is 0 Å². The highest BCUT2D eigenvalue weighted by Gasteiger charge is 2.39. The third kappa shape index (κ3) is 3.73. The molecule has 0 aliphatic heterocycles. The SMILES string of the molecule is COC(=O)C(C)(CCN(C)c1ccccc1)NC1CC1. The van der Waals surface area contributed by atoms with Gasteiger partial charge in [-0.3, -0.25) is 10.1 Å². The minimum Gasteiger partial charge on any atom is -0.468 e. The second-order valence-electron chi connectivity index (χ2n) is 5.75. The molecule has 1 aromatic rings. The van der Waals surface area contributed by atoms with E-state index in [0.717, 1.165) is 31.5 Å². The maximum atomic E-state index is 12.0. The average Bonchev–Trinajstić information content (AvgIpc) is 3.28. The van der Waals surface area contributed by atoms with Crippen molar-refractivity contribution >= 4 is 11.7 Å². The van der Waals surface area contributed by atoms with Crippen molar-refractivity contribution in [3.05, 3.63) is 30.3 Å². The molecule has 0 radical (unpaired) electrons. The van der Waals surface area contributed by atoms with Crippen LogP contribution in [-0.4, -0.2) is 38.3 Å². The lowest BCUT2D eigenvalue weighted by Crippen LogP contribution is -2.52. The predicted molar refractivity (Wildman–Crippen MR) is 80.9 cm³/mol. The van der Waals surface area contributed by atoms with Crippen LogP contribution in [0.5, 0.6) is 0 Å². The molecule has 2 rings (SSSR count). The highest BCUT2D eigenvalue weighted by molar-refractivity contribution is 5.80. The number of carbonyl (C=O) groups is 1. The van der Waals surface area contributed by atoms with Crippen LogP contribution < -0.4 is 10.2 Å². The Morgan fingerprint density at radius 1 is 1.40 bits per heavy atom. The van der Waals surface area contributed by atoms with Crippen LogP contribution in [0.1, 0.15) is 26.2 Å². The van der Waals surface area contributed by atoms with E-state index in [-0.39, 0.29) is 5.97 Å². The lowest BCUT2D eigenvalue weighted by atomic mass is 9.97. The van der Waals surface area contributed by atoms with Crippen LogP contribution in [0.3, 0.4) is 0 Å². The van der Waals surface area contributed by atoms with Gasteiger partial charge in [-0.2, -0.15) is 0 Å². The van der Waals surface area contributed by atoms with Gasteiger partial charge >= 0.3 is 5.97 Å². The number of para-hydroxylation sites is 1. The Labute approximate surface area is 121 Å². The number of benzene rings is 1. The quantitative estimate of drug-likeness (QED) is 0.775. The van der Waals surface area contributed by atoms with Gasteiger partial charge in [0.2, 0.25) is 0 Å². The summed E-state index contributed by atoms with van der Waals surface area (Å²) in [4.78, 5) is 14.2. The monoisotopic (exact) mass is 276 g/mol. The van der Waals surface area contributed by atoms with Crippen LogP contribution in [-0.2, 0) is 9.53 Å². The number of hydrogen-bond acceptors (Lipinski definition) is 4. The van der Waals surface area contributed by atoms with E-state index in [4.69, 9.17) is 4.74 Å². The zero-order chi connectivity index (χ0) is 14.6. The van der Waals surface area contributed by atoms with E-state index < -0.39 is 5.54 Å². The Kier molecular flexibility index (Phi) is 4.65. The standard InChI is InChI=1S/C16H24N2O2/c1-16(15(19)20-3,17-13-9-10-13)11-12-18(2)14-7-5-4-6-8-14/h4-8,13,17H,9-12H2,1-3H3. The van der Waals surface area contributed by atoms with Gasteiger partial charge in [-0.25, -0.2) is 0 Å². The molecule has 1 aromatic carbocycles. The first-order valence-electron chi connectivity index (χ1n) is 7.17. The summed E-state index contributed by atoms with van der Waals surface area (Å²) in [5.74, 6) is -0.175. The second-order valence-corrected chi connectivity index (χ2v) is 5.75. The van der Waals surface area contributed by atoms with E-state index in [1.807, 2.05) is 32.2 Å². The summed E-state index contributed by atoms with van der Waals surface area (Å²) in [7, 11) is 3.50. The van der Waals surface area contributed by atoms with Gasteiger partial charge in [0.05, 0.1) is 7.11 Å². The Bertz CT molecular complexity index is 445. The van der Waals surface area contributed by atoms with E-state index >= 15 is 0 Å². The van der Waals surface area contributed by atoms with Crippen molar-refractivity contribution in [1.82, 2.24) is 5.32 Å². The maximum absolute atomic E-state index is 12.0. The molecule has 110 valence electrons. The topological polar surface area (TPSA) is 41.6 Å². The summed E-state index contributed by atoms with van der Waals surface area (Å²) >= 11 is 0. The lowest BCUT2D eigenvalue weighted by molar-refractivity contribution is -0.148. The van der Waals surface area contributed by atoms with Crippen molar-refractivity contribution in [2.24, 2.45) is 0 Å². The third-order valence-electron chi connectivity index (χ3n) is 3.88. The Hall–Kier alpha value is -1.55. The van der Waals surface area contributed by atoms with Gasteiger partial charge in [0, 0.05) is 25.3 Å². The van der Waals surface area contributed by atoms with E-state index in [9.17, 15) is 4.79 Å². The van der Waals surface area contributed by atoms with Gasteiger partial charge in [0.25, 0.3) is 0 Å². The Morgan fingerprint density at radius 2 is 2.05 bits per heavy atom. The van der Waals surface area contributed by atoms with Gasteiger partial charge in [-0.15, -0.1) is 0 Å². The first-order valence-corrected chi connectivity index (χ1v) is 7.17. The molecule has 20 heavy (non-hydrogen) atoms. The number of nitrogens with zero attached hydrogens (tertiary/aromatic N) is 1. The molecule has 4 heteroatoms. The van der Waals surface area contributed by atoms with Crippen LogP contribution in [0, 0.1) is 0 Å². The molecule has 0 saturated heterocycles. The highest BCUT2D eigenvalue weighted by atomic mass is 16.5. The number of hydrogen-bond donors (Lipinski definition) is 1. The number of rotatable bonds is 7. The third-order valence-corrected chi connectivity index (χ3v) is 3.88. The molecule has 1 fully saturated rings. The minimum absolute atomic E-state index is 0.175.